The van der Waals surface area contributed by atoms with Crippen molar-refractivity contribution in [2.45, 2.75) is 46.3 Å². The number of carbonyl (C=O) groups is 1. The van der Waals surface area contributed by atoms with Crippen LogP contribution in [0.3, 0.4) is 0 Å². The monoisotopic (exact) mass is 552 g/mol. The van der Waals surface area contributed by atoms with E-state index in [0.717, 1.165) is 18.5 Å². The van der Waals surface area contributed by atoms with Crippen molar-refractivity contribution in [2.24, 2.45) is 4.99 Å². The average molecular weight is 552 g/mol. The smallest absolute Gasteiger partial charge is 0.407 e. The van der Waals surface area contributed by atoms with E-state index in [1.54, 1.807) is 21.3 Å². The van der Waals surface area contributed by atoms with Gasteiger partial charge in [-0.3, -0.25) is 0 Å². The van der Waals surface area contributed by atoms with Crippen LogP contribution in [0.4, 0.5) is 4.79 Å². The van der Waals surface area contributed by atoms with Crippen LogP contribution in [0.25, 0.3) is 0 Å². The van der Waals surface area contributed by atoms with Gasteiger partial charge in [0, 0.05) is 25.2 Å². The van der Waals surface area contributed by atoms with Crippen LogP contribution in [0.5, 0.6) is 17.2 Å². The fraction of sp³-hybridized carbons (Fsp3) is 0.619. The first-order valence-corrected chi connectivity index (χ1v) is 10.0. The number of amides is 1. The molecule has 3 N–H and O–H groups in total. The summed E-state index contributed by atoms with van der Waals surface area (Å²) in [6.45, 7) is 9.77. The molecule has 0 heterocycles. The van der Waals surface area contributed by atoms with Gasteiger partial charge in [-0.1, -0.05) is 0 Å². The van der Waals surface area contributed by atoms with E-state index < -0.39 is 11.7 Å². The van der Waals surface area contributed by atoms with Crippen LogP contribution in [0.2, 0.25) is 0 Å². The predicted molar refractivity (Wildman–Crippen MR) is 133 cm³/mol. The van der Waals surface area contributed by atoms with Gasteiger partial charge in [0.25, 0.3) is 0 Å². The van der Waals surface area contributed by atoms with Crippen molar-refractivity contribution in [1.29, 1.82) is 0 Å². The fourth-order valence-electron chi connectivity index (χ4n) is 2.59. The summed E-state index contributed by atoms with van der Waals surface area (Å²) in [6, 6.07) is 3.73. The number of hydrogen-bond donors (Lipinski definition) is 3. The number of rotatable bonds is 10. The summed E-state index contributed by atoms with van der Waals surface area (Å²) in [4.78, 5) is 16.3. The third-order valence-electron chi connectivity index (χ3n) is 3.85. The van der Waals surface area contributed by atoms with Gasteiger partial charge in [-0.15, -0.1) is 24.0 Å². The van der Waals surface area contributed by atoms with E-state index in [2.05, 4.69) is 20.9 Å². The highest BCUT2D eigenvalue weighted by Gasteiger charge is 2.16. The molecule has 1 aromatic carbocycles. The molecule has 0 aromatic heterocycles. The Balaban J connectivity index is 0.00000900. The van der Waals surface area contributed by atoms with Gasteiger partial charge in [0.05, 0.1) is 27.9 Å². The van der Waals surface area contributed by atoms with Crippen molar-refractivity contribution in [3.63, 3.8) is 0 Å². The zero-order chi connectivity index (χ0) is 22.6. The summed E-state index contributed by atoms with van der Waals surface area (Å²) in [6.07, 6.45) is 0.312. The van der Waals surface area contributed by atoms with Crippen LogP contribution in [-0.4, -0.2) is 58.6 Å². The third-order valence-corrected chi connectivity index (χ3v) is 3.85. The Morgan fingerprint density at radius 2 is 1.61 bits per heavy atom. The molecule has 0 spiro atoms. The predicted octanol–water partition coefficient (Wildman–Crippen LogP) is 3.30. The third kappa shape index (κ3) is 10.7. The Hall–Kier alpha value is -2.11. The minimum atomic E-state index is -0.502. The molecule has 0 aliphatic carbocycles. The van der Waals surface area contributed by atoms with Crippen molar-refractivity contribution in [3.05, 3.63) is 17.7 Å². The number of guanidine groups is 1. The van der Waals surface area contributed by atoms with Crippen LogP contribution < -0.4 is 30.2 Å². The molecule has 1 rings (SSSR count). The second-order valence-electron chi connectivity index (χ2n) is 7.40. The molecule has 10 heteroatoms. The first-order chi connectivity index (χ1) is 14.3. The average Bonchev–Trinajstić information content (AvgIpc) is 2.69. The quantitative estimate of drug-likeness (QED) is 0.177. The highest BCUT2D eigenvalue weighted by atomic mass is 127. The normalized spacial score (nSPS) is 11.1. The Morgan fingerprint density at radius 3 is 2.16 bits per heavy atom. The summed E-state index contributed by atoms with van der Waals surface area (Å²) in [5.41, 5.74) is 0.372. The van der Waals surface area contributed by atoms with Crippen LogP contribution in [0.15, 0.2) is 17.1 Å². The molecule has 9 nitrogen and oxygen atoms in total. The van der Waals surface area contributed by atoms with Gasteiger partial charge in [-0.05, 0) is 46.2 Å². The van der Waals surface area contributed by atoms with E-state index in [0.29, 0.717) is 42.8 Å². The molecule has 1 amide bonds. The van der Waals surface area contributed by atoms with Crippen molar-refractivity contribution in [3.8, 4) is 17.2 Å². The van der Waals surface area contributed by atoms with Crippen molar-refractivity contribution < 1.29 is 23.7 Å². The number of nitrogens with zero attached hydrogens (tertiary/aromatic N) is 1. The van der Waals surface area contributed by atoms with E-state index in [-0.39, 0.29) is 24.0 Å². The second kappa shape index (κ2) is 14.8. The molecule has 0 aliphatic heterocycles. The topological polar surface area (TPSA) is 102 Å². The number of ether oxygens (including phenoxy) is 4. The van der Waals surface area contributed by atoms with Gasteiger partial charge in [-0.2, -0.15) is 0 Å². The number of carbonyl (C=O) groups excluding carboxylic acids is 1. The molecule has 0 aliphatic rings. The van der Waals surface area contributed by atoms with Gasteiger partial charge in [0.2, 0.25) is 5.75 Å². The fourth-order valence-corrected chi connectivity index (χ4v) is 2.59. The molecule has 31 heavy (non-hydrogen) atoms. The Labute approximate surface area is 202 Å². The molecular weight excluding hydrogens is 515 g/mol. The van der Waals surface area contributed by atoms with Crippen molar-refractivity contribution >= 4 is 36.0 Å². The highest BCUT2D eigenvalue weighted by molar-refractivity contribution is 14.0. The summed E-state index contributed by atoms with van der Waals surface area (Å²) >= 11 is 0. The molecular formula is C21H37IN4O5. The van der Waals surface area contributed by atoms with Crippen LogP contribution in [0.1, 0.15) is 39.7 Å². The Kier molecular flexibility index (Phi) is 13.8. The molecule has 0 atom stereocenters. The minimum Gasteiger partial charge on any atom is -0.493 e. The number of nitrogens with one attached hydrogen (secondary N) is 3. The number of halogens is 1. The van der Waals surface area contributed by atoms with Crippen molar-refractivity contribution in [2.75, 3.05) is 41.0 Å². The molecule has 0 radical (unpaired) electrons. The van der Waals surface area contributed by atoms with E-state index in [4.69, 9.17) is 18.9 Å². The maximum Gasteiger partial charge on any atom is 0.407 e. The largest absolute Gasteiger partial charge is 0.493 e. The van der Waals surface area contributed by atoms with Gasteiger partial charge in [0.15, 0.2) is 17.5 Å². The number of alkyl carbamates (subject to hydrolysis) is 1. The number of aliphatic imine (C=N–C) groups is 1. The van der Waals surface area contributed by atoms with Gasteiger partial charge in [-0.25, -0.2) is 9.79 Å². The van der Waals surface area contributed by atoms with Gasteiger partial charge >= 0.3 is 6.09 Å². The van der Waals surface area contributed by atoms with Gasteiger partial charge < -0.3 is 34.9 Å². The number of methoxy groups -OCH3 is 3. The molecule has 1 aromatic rings. The summed E-state index contributed by atoms with van der Waals surface area (Å²) in [5.74, 6) is 2.41. The zero-order valence-corrected chi connectivity index (χ0v) is 21.9. The first-order valence-electron chi connectivity index (χ1n) is 10.0. The lowest BCUT2D eigenvalue weighted by Crippen LogP contribution is -2.39. The molecule has 0 saturated heterocycles. The molecule has 0 fully saturated rings. The zero-order valence-electron chi connectivity index (χ0n) is 19.6. The SMILES string of the molecule is CCNC(=NCc1ccc(OC)c(OC)c1OC)NCCCNC(=O)OC(C)(C)C.I. The lowest BCUT2D eigenvalue weighted by atomic mass is 10.1. The summed E-state index contributed by atoms with van der Waals surface area (Å²) < 4.78 is 21.4. The summed E-state index contributed by atoms with van der Waals surface area (Å²) in [5, 5.41) is 9.19. The lowest BCUT2D eigenvalue weighted by Gasteiger charge is -2.19. The molecule has 0 bridgehead atoms. The Morgan fingerprint density at radius 1 is 0.968 bits per heavy atom. The maximum atomic E-state index is 11.7. The van der Waals surface area contributed by atoms with E-state index >= 15 is 0 Å². The first kappa shape index (κ1) is 28.9. The van der Waals surface area contributed by atoms with E-state index in [1.165, 1.54) is 0 Å². The van der Waals surface area contributed by atoms with Crippen LogP contribution in [-0.2, 0) is 11.3 Å². The molecule has 0 unspecified atom stereocenters. The summed E-state index contributed by atoms with van der Waals surface area (Å²) in [7, 11) is 4.75. The lowest BCUT2D eigenvalue weighted by molar-refractivity contribution is 0.0527. The van der Waals surface area contributed by atoms with Gasteiger partial charge in [0.1, 0.15) is 5.60 Å². The van der Waals surface area contributed by atoms with E-state index in [9.17, 15) is 4.79 Å². The molecule has 178 valence electrons. The second-order valence-corrected chi connectivity index (χ2v) is 7.40. The highest BCUT2D eigenvalue weighted by Crippen LogP contribution is 2.39. The number of hydrogen-bond acceptors (Lipinski definition) is 6. The van der Waals surface area contributed by atoms with E-state index in [1.807, 2.05) is 39.8 Å². The van der Waals surface area contributed by atoms with Crippen LogP contribution >= 0.6 is 24.0 Å². The Bertz CT molecular complexity index is 708. The minimum absolute atomic E-state index is 0. The van der Waals surface area contributed by atoms with Crippen molar-refractivity contribution in [1.82, 2.24) is 16.0 Å². The standard InChI is InChI=1S/C21H36N4O5.HI/c1-8-22-19(23-12-9-13-24-20(26)30-21(2,3)4)25-14-15-10-11-16(27-5)18(29-7)17(15)28-6;/h10-11H,8-9,12-14H2,1-7H3,(H,24,26)(H2,22,23,25);1H. The number of benzene rings is 1. The molecule has 0 saturated carbocycles. The van der Waals surface area contributed by atoms with Crippen LogP contribution in [0, 0.1) is 0 Å². The maximum absolute atomic E-state index is 11.7.